The lowest BCUT2D eigenvalue weighted by atomic mass is 9.91. The molecular weight excluding hydrogens is 363 g/mol. The highest BCUT2D eigenvalue weighted by Gasteiger charge is 2.29. The summed E-state index contributed by atoms with van der Waals surface area (Å²) in [7, 11) is 0. The minimum Gasteiger partial charge on any atom is -0.295 e. The second kappa shape index (κ2) is 7.54. The van der Waals surface area contributed by atoms with Crippen LogP contribution in [0, 0.1) is 5.92 Å². The summed E-state index contributed by atoms with van der Waals surface area (Å²) < 4.78 is 1.41. The number of rotatable bonds is 5. The molecule has 2 heterocycles. The molecule has 134 valence electrons. The molecule has 0 saturated carbocycles. The van der Waals surface area contributed by atoms with Gasteiger partial charge in [-0.3, -0.25) is 19.3 Å². The average molecular weight is 383 g/mol. The molecule has 6 nitrogen and oxygen atoms in total. The lowest BCUT2D eigenvalue weighted by Gasteiger charge is -2.29. The van der Waals surface area contributed by atoms with Crippen LogP contribution in [0.1, 0.15) is 33.7 Å². The number of fused-ring (bicyclic) bond motifs is 1. The van der Waals surface area contributed by atoms with Crippen LogP contribution in [0.3, 0.4) is 0 Å². The standard InChI is InChI=1S/C17H20Cl2N4O2/c1-6-9(4)13(12(20-5)8(2)3)23-15-10(16(24)22-17(23)25)7-11(18)14(19)21-15/h6-8,12-13H,5H2,1-4H3,(H,22,24,25)/b9-6-. The van der Waals surface area contributed by atoms with E-state index in [0.717, 1.165) is 5.57 Å². The normalized spacial score (nSPS) is 14.8. The summed E-state index contributed by atoms with van der Waals surface area (Å²) in [6.07, 6.45) is 1.89. The van der Waals surface area contributed by atoms with Gasteiger partial charge >= 0.3 is 5.69 Å². The minimum absolute atomic E-state index is 0.0254. The van der Waals surface area contributed by atoms with Crippen LogP contribution < -0.4 is 11.2 Å². The fourth-order valence-corrected chi connectivity index (χ4v) is 3.14. The predicted molar refractivity (Wildman–Crippen MR) is 103 cm³/mol. The van der Waals surface area contributed by atoms with Crippen molar-refractivity contribution in [3.63, 3.8) is 0 Å². The zero-order valence-electron chi connectivity index (χ0n) is 14.5. The lowest BCUT2D eigenvalue weighted by Crippen LogP contribution is -2.39. The first-order chi connectivity index (χ1) is 11.7. The molecule has 0 fully saturated rings. The van der Waals surface area contributed by atoms with Crippen molar-refractivity contribution in [3.8, 4) is 0 Å². The van der Waals surface area contributed by atoms with E-state index in [1.54, 1.807) is 0 Å². The van der Waals surface area contributed by atoms with Gasteiger partial charge in [-0.25, -0.2) is 9.78 Å². The lowest BCUT2D eigenvalue weighted by molar-refractivity contribution is 0.373. The first-order valence-electron chi connectivity index (χ1n) is 7.82. The van der Waals surface area contributed by atoms with Crippen LogP contribution in [0.4, 0.5) is 0 Å². The monoisotopic (exact) mass is 382 g/mol. The van der Waals surface area contributed by atoms with Gasteiger partial charge in [-0.05, 0) is 32.5 Å². The Hall–Kier alpha value is -1.92. The zero-order chi connectivity index (χ0) is 18.9. The maximum absolute atomic E-state index is 12.7. The van der Waals surface area contributed by atoms with Gasteiger partial charge in [0.05, 0.1) is 22.5 Å². The molecule has 0 bridgehead atoms. The molecule has 0 aliphatic rings. The van der Waals surface area contributed by atoms with Crippen molar-refractivity contribution in [1.82, 2.24) is 14.5 Å². The number of H-pyrrole nitrogens is 1. The summed E-state index contributed by atoms with van der Waals surface area (Å²) in [6.45, 7) is 11.4. The number of nitrogens with zero attached hydrogens (tertiary/aromatic N) is 3. The average Bonchev–Trinajstić information content (AvgIpc) is 2.55. The molecule has 0 amide bonds. The van der Waals surface area contributed by atoms with Crippen molar-refractivity contribution in [3.05, 3.63) is 48.7 Å². The first-order valence-corrected chi connectivity index (χ1v) is 8.57. The number of allylic oxidation sites excluding steroid dienone is 1. The van der Waals surface area contributed by atoms with E-state index in [-0.39, 0.29) is 33.2 Å². The van der Waals surface area contributed by atoms with Gasteiger partial charge in [0.1, 0.15) is 5.15 Å². The summed E-state index contributed by atoms with van der Waals surface area (Å²) in [6, 6.07) is 0.660. The molecule has 2 aromatic heterocycles. The minimum atomic E-state index is -0.580. The van der Waals surface area contributed by atoms with Crippen molar-refractivity contribution < 1.29 is 0 Å². The molecule has 2 rings (SSSR count). The predicted octanol–water partition coefficient (Wildman–Crippen LogP) is 3.62. The number of nitrogens with one attached hydrogen (secondary N) is 1. The molecule has 8 heteroatoms. The van der Waals surface area contributed by atoms with E-state index in [1.807, 2.05) is 33.8 Å². The maximum Gasteiger partial charge on any atom is 0.330 e. The molecule has 0 spiro atoms. The fourth-order valence-electron chi connectivity index (χ4n) is 2.86. The number of aliphatic imine (C=N–C) groups is 1. The Labute approximate surface area is 155 Å². The van der Waals surface area contributed by atoms with Crippen LogP contribution in [-0.2, 0) is 0 Å². The van der Waals surface area contributed by atoms with E-state index < -0.39 is 17.3 Å². The van der Waals surface area contributed by atoms with E-state index in [4.69, 9.17) is 23.2 Å². The molecule has 0 aromatic carbocycles. The molecule has 0 aliphatic heterocycles. The van der Waals surface area contributed by atoms with Gasteiger partial charge in [-0.1, -0.05) is 48.7 Å². The van der Waals surface area contributed by atoms with Crippen molar-refractivity contribution in [2.45, 2.75) is 39.8 Å². The number of hydrogen-bond donors (Lipinski definition) is 1. The van der Waals surface area contributed by atoms with Crippen molar-refractivity contribution >= 4 is 41.0 Å². The Morgan fingerprint density at radius 3 is 2.56 bits per heavy atom. The maximum atomic E-state index is 12.7. The third kappa shape index (κ3) is 3.55. The summed E-state index contributed by atoms with van der Waals surface area (Å²) in [4.78, 5) is 35.6. The van der Waals surface area contributed by atoms with Crippen LogP contribution in [0.25, 0.3) is 11.0 Å². The summed E-state index contributed by atoms with van der Waals surface area (Å²) in [5, 5.41) is 0.360. The zero-order valence-corrected chi connectivity index (χ0v) is 16.0. The molecule has 0 aliphatic carbocycles. The second-order valence-corrected chi connectivity index (χ2v) is 6.92. The summed E-state index contributed by atoms with van der Waals surface area (Å²) in [5.74, 6) is 0.106. The highest BCUT2D eigenvalue weighted by Crippen LogP contribution is 2.30. The molecule has 0 radical (unpaired) electrons. The van der Waals surface area contributed by atoms with Gasteiger partial charge in [0.2, 0.25) is 0 Å². The molecule has 2 atom stereocenters. The highest BCUT2D eigenvalue weighted by atomic mass is 35.5. The topological polar surface area (TPSA) is 80.1 Å². The van der Waals surface area contributed by atoms with Crippen molar-refractivity contribution in [1.29, 1.82) is 0 Å². The Morgan fingerprint density at radius 2 is 2.04 bits per heavy atom. The molecular formula is C17H20Cl2N4O2. The molecule has 2 unspecified atom stereocenters. The number of halogens is 2. The van der Waals surface area contributed by atoms with Gasteiger partial charge in [0, 0.05) is 0 Å². The van der Waals surface area contributed by atoms with Gasteiger partial charge in [-0.15, -0.1) is 0 Å². The first kappa shape index (κ1) is 19.4. The Balaban J connectivity index is 2.97. The Kier molecular flexibility index (Phi) is 5.85. The Bertz CT molecular complexity index is 959. The van der Waals surface area contributed by atoms with E-state index in [0.29, 0.717) is 0 Å². The molecule has 0 saturated heterocycles. The smallest absolute Gasteiger partial charge is 0.295 e. The van der Waals surface area contributed by atoms with Crippen LogP contribution >= 0.6 is 23.2 Å². The van der Waals surface area contributed by atoms with Crippen molar-refractivity contribution in [2.24, 2.45) is 10.9 Å². The quantitative estimate of drug-likeness (QED) is 0.487. The number of pyridine rings is 1. The van der Waals surface area contributed by atoms with Crippen LogP contribution in [0.2, 0.25) is 10.2 Å². The van der Waals surface area contributed by atoms with Gasteiger partial charge < -0.3 is 0 Å². The SMILES string of the molecule is C=NC(C(C)C)C(/C(C)=C\C)n1c(=O)[nH]c(=O)c2cc(Cl)c(Cl)nc21. The van der Waals surface area contributed by atoms with E-state index in [9.17, 15) is 9.59 Å². The molecule has 2 aromatic rings. The number of aromatic nitrogens is 3. The van der Waals surface area contributed by atoms with Gasteiger partial charge in [-0.2, -0.15) is 0 Å². The summed E-state index contributed by atoms with van der Waals surface area (Å²) >= 11 is 12.0. The number of aromatic amines is 1. The highest BCUT2D eigenvalue weighted by molar-refractivity contribution is 6.41. The van der Waals surface area contributed by atoms with Crippen LogP contribution in [0.5, 0.6) is 0 Å². The largest absolute Gasteiger partial charge is 0.330 e. The van der Waals surface area contributed by atoms with Gasteiger partial charge in [0.15, 0.2) is 5.65 Å². The van der Waals surface area contributed by atoms with Crippen LogP contribution in [0.15, 0.2) is 32.3 Å². The van der Waals surface area contributed by atoms with E-state index in [2.05, 4.69) is 21.7 Å². The van der Waals surface area contributed by atoms with Crippen LogP contribution in [-0.4, -0.2) is 27.3 Å². The third-order valence-corrected chi connectivity index (χ3v) is 4.92. The molecule has 1 N–H and O–H groups in total. The van der Waals surface area contributed by atoms with E-state index in [1.165, 1.54) is 10.6 Å². The number of hydrogen-bond acceptors (Lipinski definition) is 4. The Morgan fingerprint density at radius 1 is 1.40 bits per heavy atom. The fraction of sp³-hybridized carbons (Fsp3) is 0.412. The third-order valence-electron chi connectivity index (χ3n) is 4.24. The second-order valence-electron chi connectivity index (χ2n) is 6.16. The molecule has 25 heavy (non-hydrogen) atoms. The van der Waals surface area contributed by atoms with Gasteiger partial charge in [0.25, 0.3) is 5.56 Å². The summed E-state index contributed by atoms with van der Waals surface area (Å²) in [5.41, 5.74) is -0.0752. The van der Waals surface area contributed by atoms with E-state index >= 15 is 0 Å². The van der Waals surface area contributed by atoms with Crippen molar-refractivity contribution in [2.75, 3.05) is 0 Å².